The Kier molecular flexibility index (Phi) is 3.91. The molecule has 1 aliphatic heterocycles. The number of para-hydroxylation sites is 1. The molecule has 1 saturated heterocycles. The average molecular weight is 306 g/mol. The third-order valence-electron chi connectivity index (χ3n) is 3.81. The third kappa shape index (κ3) is 3.22. The first kappa shape index (κ1) is 14.4. The summed E-state index contributed by atoms with van der Waals surface area (Å²) in [4.78, 5) is 4.11. The van der Waals surface area contributed by atoms with Gasteiger partial charge in [-0.2, -0.15) is 0 Å². The van der Waals surface area contributed by atoms with Crippen molar-refractivity contribution in [3.8, 4) is 5.69 Å². The molecule has 1 aromatic heterocycles. The number of imidazole rings is 1. The molecule has 21 heavy (non-hydrogen) atoms. The van der Waals surface area contributed by atoms with E-state index in [1.165, 1.54) is 0 Å². The topological polar surface area (TPSA) is 39.1 Å². The molecule has 5 heteroatoms. The molecule has 4 nitrogen and oxygen atoms in total. The van der Waals surface area contributed by atoms with Crippen LogP contribution in [0.5, 0.6) is 0 Å². The minimum absolute atomic E-state index is 0.0797. The summed E-state index contributed by atoms with van der Waals surface area (Å²) in [5, 5.41) is 4.33. The molecule has 0 bridgehead atoms. The molecule has 0 saturated carbocycles. The first-order chi connectivity index (χ1) is 10.1. The van der Waals surface area contributed by atoms with Gasteiger partial charge in [-0.05, 0) is 38.8 Å². The van der Waals surface area contributed by atoms with Crippen LogP contribution >= 0.6 is 11.6 Å². The van der Waals surface area contributed by atoms with Crippen LogP contribution in [0.4, 0.5) is 5.69 Å². The van der Waals surface area contributed by atoms with E-state index in [0.717, 1.165) is 30.8 Å². The molecular weight excluding hydrogens is 286 g/mol. The largest absolute Gasteiger partial charge is 0.380 e. The van der Waals surface area contributed by atoms with Crippen LogP contribution in [0.3, 0.4) is 0 Å². The lowest BCUT2D eigenvalue weighted by Crippen LogP contribution is -2.40. The summed E-state index contributed by atoms with van der Waals surface area (Å²) in [6, 6.07) is 6.31. The highest BCUT2D eigenvalue weighted by molar-refractivity contribution is 6.33. The first-order valence-corrected chi connectivity index (χ1v) is 7.60. The maximum atomic E-state index is 6.38. The van der Waals surface area contributed by atoms with E-state index in [2.05, 4.69) is 30.2 Å². The number of hydrogen-bond acceptors (Lipinski definition) is 3. The van der Waals surface area contributed by atoms with E-state index in [9.17, 15) is 0 Å². The van der Waals surface area contributed by atoms with Crippen molar-refractivity contribution in [2.45, 2.75) is 38.3 Å². The zero-order valence-electron chi connectivity index (χ0n) is 12.3. The smallest absolute Gasteiger partial charge is 0.0992 e. The molecule has 2 aromatic rings. The van der Waals surface area contributed by atoms with Gasteiger partial charge in [-0.25, -0.2) is 4.98 Å². The molecule has 1 fully saturated rings. The molecule has 112 valence electrons. The van der Waals surface area contributed by atoms with E-state index in [1.807, 2.05) is 22.9 Å². The van der Waals surface area contributed by atoms with Crippen molar-refractivity contribution in [3.05, 3.63) is 41.9 Å². The zero-order chi connectivity index (χ0) is 14.9. The van der Waals surface area contributed by atoms with E-state index < -0.39 is 0 Å². The van der Waals surface area contributed by atoms with Gasteiger partial charge in [0.15, 0.2) is 0 Å². The number of hydrogen-bond donors (Lipinski definition) is 1. The number of halogens is 1. The molecule has 1 aromatic carbocycles. The SMILES string of the molecule is CC1(C)CC(Nc2cccc(Cl)c2-n2ccnc2)CCO1. The van der Waals surface area contributed by atoms with Crippen molar-refractivity contribution in [1.82, 2.24) is 9.55 Å². The maximum Gasteiger partial charge on any atom is 0.0992 e. The van der Waals surface area contributed by atoms with Crippen LogP contribution in [0.25, 0.3) is 5.69 Å². The van der Waals surface area contributed by atoms with E-state index in [4.69, 9.17) is 16.3 Å². The Balaban J connectivity index is 1.87. The molecule has 1 N–H and O–H groups in total. The minimum atomic E-state index is -0.0797. The highest BCUT2D eigenvalue weighted by Crippen LogP contribution is 2.32. The fourth-order valence-electron chi connectivity index (χ4n) is 2.86. The van der Waals surface area contributed by atoms with Gasteiger partial charge in [0.25, 0.3) is 0 Å². The van der Waals surface area contributed by atoms with E-state index in [-0.39, 0.29) is 5.60 Å². The van der Waals surface area contributed by atoms with Gasteiger partial charge in [-0.1, -0.05) is 17.7 Å². The number of ether oxygens (including phenoxy) is 1. The number of anilines is 1. The Labute approximate surface area is 130 Å². The van der Waals surface area contributed by atoms with Crippen molar-refractivity contribution < 1.29 is 4.74 Å². The van der Waals surface area contributed by atoms with Crippen molar-refractivity contribution >= 4 is 17.3 Å². The Bertz CT molecular complexity index is 610. The molecule has 1 atom stereocenters. The lowest BCUT2D eigenvalue weighted by Gasteiger charge is -2.36. The monoisotopic (exact) mass is 305 g/mol. The fraction of sp³-hybridized carbons (Fsp3) is 0.438. The Morgan fingerprint density at radius 1 is 1.43 bits per heavy atom. The highest BCUT2D eigenvalue weighted by atomic mass is 35.5. The molecule has 0 aliphatic carbocycles. The second-order valence-electron chi connectivity index (χ2n) is 6.05. The Morgan fingerprint density at radius 2 is 2.29 bits per heavy atom. The molecule has 1 aliphatic rings. The van der Waals surface area contributed by atoms with Crippen LogP contribution in [0, 0.1) is 0 Å². The molecule has 1 unspecified atom stereocenters. The van der Waals surface area contributed by atoms with E-state index in [1.54, 1.807) is 12.5 Å². The van der Waals surface area contributed by atoms with Crippen LogP contribution < -0.4 is 5.32 Å². The second-order valence-corrected chi connectivity index (χ2v) is 6.46. The van der Waals surface area contributed by atoms with Crippen LogP contribution in [-0.2, 0) is 4.74 Å². The molecule has 0 spiro atoms. The van der Waals surface area contributed by atoms with Crippen molar-refractivity contribution in [3.63, 3.8) is 0 Å². The lowest BCUT2D eigenvalue weighted by molar-refractivity contribution is -0.0553. The van der Waals surface area contributed by atoms with Crippen LogP contribution in [0.15, 0.2) is 36.9 Å². The standard InChI is InChI=1S/C16H20ClN3O/c1-16(2)10-12(6-9-21-16)19-14-5-3-4-13(17)15(14)20-8-7-18-11-20/h3-5,7-8,11-12,19H,6,9-10H2,1-2H3. The Hall–Kier alpha value is -1.52. The summed E-state index contributed by atoms with van der Waals surface area (Å²) in [7, 11) is 0. The number of nitrogens with zero attached hydrogens (tertiary/aromatic N) is 2. The summed E-state index contributed by atoms with van der Waals surface area (Å²) < 4.78 is 7.72. The second kappa shape index (κ2) is 5.70. The van der Waals surface area contributed by atoms with Crippen molar-refractivity contribution in [2.24, 2.45) is 0 Å². The maximum absolute atomic E-state index is 6.38. The molecule has 0 radical (unpaired) electrons. The number of rotatable bonds is 3. The van der Waals surface area contributed by atoms with Gasteiger partial charge in [-0.15, -0.1) is 0 Å². The molecule has 3 rings (SSSR count). The number of aromatic nitrogens is 2. The predicted molar refractivity (Wildman–Crippen MR) is 85.2 cm³/mol. The van der Waals surface area contributed by atoms with Gasteiger partial charge < -0.3 is 14.6 Å². The van der Waals surface area contributed by atoms with Gasteiger partial charge in [0, 0.05) is 25.0 Å². The molecule has 0 amide bonds. The highest BCUT2D eigenvalue weighted by Gasteiger charge is 2.29. The van der Waals surface area contributed by atoms with Gasteiger partial charge in [-0.3, -0.25) is 0 Å². The van der Waals surface area contributed by atoms with Gasteiger partial charge in [0.05, 0.1) is 28.3 Å². The number of nitrogens with one attached hydrogen (secondary N) is 1. The van der Waals surface area contributed by atoms with Gasteiger partial charge in [0.2, 0.25) is 0 Å². The predicted octanol–water partition coefficient (Wildman–Crippen LogP) is 3.90. The van der Waals surface area contributed by atoms with Crippen LogP contribution in [-0.4, -0.2) is 27.8 Å². The lowest BCUT2D eigenvalue weighted by atomic mass is 9.93. The van der Waals surface area contributed by atoms with Crippen LogP contribution in [0.1, 0.15) is 26.7 Å². The molecular formula is C16H20ClN3O. The van der Waals surface area contributed by atoms with E-state index >= 15 is 0 Å². The first-order valence-electron chi connectivity index (χ1n) is 7.22. The Morgan fingerprint density at radius 3 is 3.00 bits per heavy atom. The van der Waals surface area contributed by atoms with Gasteiger partial charge in [0.1, 0.15) is 0 Å². The summed E-state index contributed by atoms with van der Waals surface area (Å²) in [6.07, 6.45) is 7.40. The summed E-state index contributed by atoms with van der Waals surface area (Å²) in [5.74, 6) is 0. The fourth-order valence-corrected chi connectivity index (χ4v) is 3.13. The van der Waals surface area contributed by atoms with Crippen LogP contribution in [0.2, 0.25) is 5.02 Å². The summed E-state index contributed by atoms with van der Waals surface area (Å²) >= 11 is 6.38. The van der Waals surface area contributed by atoms with Crippen molar-refractivity contribution in [1.29, 1.82) is 0 Å². The quantitative estimate of drug-likeness (QED) is 0.935. The molecule has 2 heterocycles. The average Bonchev–Trinajstić information content (AvgIpc) is 2.91. The van der Waals surface area contributed by atoms with Gasteiger partial charge >= 0.3 is 0 Å². The van der Waals surface area contributed by atoms with E-state index in [0.29, 0.717) is 11.1 Å². The number of benzene rings is 1. The minimum Gasteiger partial charge on any atom is -0.380 e. The summed E-state index contributed by atoms with van der Waals surface area (Å²) in [6.45, 7) is 5.05. The summed E-state index contributed by atoms with van der Waals surface area (Å²) in [5.41, 5.74) is 1.90. The normalized spacial score (nSPS) is 21.2. The zero-order valence-corrected chi connectivity index (χ0v) is 13.1. The third-order valence-corrected chi connectivity index (χ3v) is 4.11. The van der Waals surface area contributed by atoms with Crippen molar-refractivity contribution in [2.75, 3.05) is 11.9 Å².